The van der Waals surface area contributed by atoms with E-state index >= 15 is 0 Å². The zero-order valence-electron chi connectivity index (χ0n) is 34.0. The van der Waals surface area contributed by atoms with Gasteiger partial charge in [0.15, 0.2) is 5.90 Å². The van der Waals surface area contributed by atoms with Gasteiger partial charge in [0.2, 0.25) is 0 Å². The molecule has 0 saturated carbocycles. The summed E-state index contributed by atoms with van der Waals surface area (Å²) < 4.78 is 4.25. The summed E-state index contributed by atoms with van der Waals surface area (Å²) in [6.07, 6.45) is 25.1. The van der Waals surface area contributed by atoms with Crippen LogP contribution in [0.25, 0.3) is 43.6 Å². The first-order valence-corrected chi connectivity index (χ1v) is 23.6. The van der Waals surface area contributed by atoms with Crippen molar-refractivity contribution in [3.8, 4) is 11.8 Å². The van der Waals surface area contributed by atoms with E-state index in [1.807, 2.05) is 62.6 Å². The van der Waals surface area contributed by atoms with Crippen molar-refractivity contribution in [2.45, 2.75) is 12.1 Å². The van der Waals surface area contributed by atoms with Crippen molar-refractivity contribution in [2.24, 2.45) is 14.1 Å². The molecule has 0 spiro atoms. The van der Waals surface area contributed by atoms with Crippen molar-refractivity contribution in [3.63, 3.8) is 0 Å². The van der Waals surface area contributed by atoms with Gasteiger partial charge in [-0.1, -0.05) is 133 Å². The van der Waals surface area contributed by atoms with E-state index in [1.54, 1.807) is 5.30 Å². The van der Waals surface area contributed by atoms with Crippen LogP contribution in [0.1, 0.15) is 17.5 Å². The number of rotatable bonds is 6. The average Bonchev–Trinajstić information content (AvgIpc) is 3.78. The first-order chi connectivity index (χ1) is 29.1. The molecule has 10 rings (SSSR count). The molecule has 0 radical (unpaired) electrons. The predicted molar refractivity (Wildman–Crippen MR) is 260 cm³/mol. The Balaban J connectivity index is 0.000000159. The van der Waals surface area contributed by atoms with Gasteiger partial charge in [-0.05, 0) is 76.4 Å². The van der Waals surface area contributed by atoms with E-state index in [1.165, 1.54) is 55.5 Å². The minimum Gasteiger partial charge on any atom is -0.366 e. The van der Waals surface area contributed by atoms with Gasteiger partial charge in [-0.25, -0.2) is 0 Å². The molecule has 2 heterocycles. The Labute approximate surface area is 394 Å². The summed E-state index contributed by atoms with van der Waals surface area (Å²) in [5, 5.41) is 9.48. The number of nitrogens with zero attached hydrogens (tertiary/aromatic N) is 2. The SMILES string of the molecule is C1=CCC([PH+](C[PH+](c2ccccc2)c2ccccc2)c2ccccc2)C=C1.[Au+].[Au+].[C-]#Cc1cccc2c3ccccc3n(C)c12.[C-]#Cc1cccc2c3ccccc3n(C)c12. The van der Waals surface area contributed by atoms with Crippen molar-refractivity contribution in [1.82, 2.24) is 9.13 Å². The molecule has 61 heavy (non-hydrogen) atoms. The van der Waals surface area contributed by atoms with Gasteiger partial charge in [0.1, 0.15) is 18.5 Å². The molecule has 0 saturated heterocycles. The Hall–Kier alpha value is -4.92. The Bertz CT molecular complexity index is 2840. The van der Waals surface area contributed by atoms with Crippen molar-refractivity contribution in [2.75, 3.05) is 5.90 Å². The van der Waals surface area contributed by atoms with Crippen molar-refractivity contribution in [1.29, 1.82) is 0 Å². The largest absolute Gasteiger partial charge is 1.00 e. The minimum atomic E-state index is -0.807. The molecule has 0 aliphatic heterocycles. The van der Waals surface area contributed by atoms with E-state index in [-0.39, 0.29) is 44.8 Å². The van der Waals surface area contributed by atoms with Gasteiger partial charge < -0.3 is 22.0 Å². The Morgan fingerprint density at radius 1 is 0.492 bits per heavy atom. The molecule has 0 amide bonds. The summed E-state index contributed by atoms with van der Waals surface area (Å²) in [5.74, 6) is 6.32. The van der Waals surface area contributed by atoms with Gasteiger partial charge in [0, 0.05) is 42.3 Å². The van der Waals surface area contributed by atoms with Crippen molar-refractivity contribution >= 4 is 75.4 Å². The monoisotopic (exact) mass is 1190 g/mol. The van der Waals surface area contributed by atoms with Gasteiger partial charge in [-0.15, -0.1) is 23.3 Å². The molecule has 306 valence electrons. The molecule has 2 aromatic heterocycles. The fourth-order valence-electron chi connectivity index (χ4n) is 8.45. The third kappa shape index (κ3) is 9.92. The number of aryl methyl sites for hydroxylation is 2. The summed E-state index contributed by atoms with van der Waals surface area (Å²) in [7, 11) is 2.55. The second-order valence-corrected chi connectivity index (χ2v) is 20.6. The molecule has 9 aromatic rings. The number of allylic oxidation sites excluding steroid dienone is 4. The van der Waals surface area contributed by atoms with E-state index in [4.69, 9.17) is 12.8 Å². The van der Waals surface area contributed by atoms with Crippen LogP contribution >= 0.6 is 15.8 Å². The Kier molecular flexibility index (Phi) is 16.3. The van der Waals surface area contributed by atoms with Crippen LogP contribution in [-0.2, 0) is 58.9 Å². The van der Waals surface area contributed by atoms with Gasteiger partial charge in [0.25, 0.3) is 0 Å². The number of hydrogen-bond acceptors (Lipinski definition) is 0. The van der Waals surface area contributed by atoms with Gasteiger partial charge in [-0.2, -0.15) is 0 Å². The zero-order chi connectivity index (χ0) is 40.6. The molecular formula is C55H46Au2N2P2+2. The van der Waals surface area contributed by atoms with E-state index in [2.05, 4.69) is 173 Å². The number of benzene rings is 7. The number of fused-ring (bicyclic) bond motifs is 6. The fraction of sp³-hybridized carbons (Fsp3) is 0.0909. The maximum atomic E-state index is 7.33. The quantitative estimate of drug-likeness (QED) is 0.0680. The van der Waals surface area contributed by atoms with Gasteiger partial charge >= 0.3 is 44.8 Å². The maximum Gasteiger partial charge on any atom is 1.00 e. The number of para-hydroxylation sites is 4. The van der Waals surface area contributed by atoms with Crippen LogP contribution < -0.4 is 15.9 Å². The predicted octanol–water partition coefficient (Wildman–Crippen LogP) is 11.8. The summed E-state index contributed by atoms with van der Waals surface area (Å²) in [4.78, 5) is 0. The molecule has 2 nitrogen and oxygen atoms in total. The van der Waals surface area contributed by atoms with Gasteiger partial charge in [0.05, 0.1) is 18.9 Å². The number of hydrogen-bond donors (Lipinski definition) is 0. The van der Waals surface area contributed by atoms with Crippen LogP contribution in [0.4, 0.5) is 0 Å². The second kappa shape index (κ2) is 21.7. The zero-order valence-corrected chi connectivity index (χ0v) is 40.4. The molecule has 0 fully saturated rings. The van der Waals surface area contributed by atoms with Crippen molar-refractivity contribution < 1.29 is 44.8 Å². The van der Waals surface area contributed by atoms with E-state index in [0.29, 0.717) is 5.66 Å². The topological polar surface area (TPSA) is 9.86 Å². The first-order valence-electron chi connectivity index (χ1n) is 20.1. The van der Waals surface area contributed by atoms with Gasteiger partial charge in [-0.3, -0.25) is 11.8 Å². The minimum absolute atomic E-state index is 0. The van der Waals surface area contributed by atoms with Crippen LogP contribution in [0, 0.1) is 24.7 Å². The molecule has 7 aromatic carbocycles. The van der Waals surface area contributed by atoms with Crippen molar-refractivity contribution in [3.05, 3.63) is 224 Å². The molecule has 1 aliphatic carbocycles. The second-order valence-electron chi connectivity index (χ2n) is 14.7. The first kappa shape index (κ1) is 45.6. The van der Waals surface area contributed by atoms with Crippen LogP contribution in [-0.4, -0.2) is 20.7 Å². The van der Waals surface area contributed by atoms with Crippen LogP contribution in [0.2, 0.25) is 0 Å². The smallest absolute Gasteiger partial charge is 0.366 e. The maximum absolute atomic E-state index is 7.33. The van der Waals surface area contributed by atoms with Crippen LogP contribution in [0.15, 0.2) is 200 Å². The summed E-state index contributed by atoms with van der Waals surface area (Å²) in [6, 6.07) is 62.2. The molecule has 2 unspecified atom stereocenters. The van der Waals surface area contributed by atoms with E-state index in [0.717, 1.165) is 22.2 Å². The van der Waals surface area contributed by atoms with E-state index < -0.39 is 15.8 Å². The molecule has 2 atom stereocenters. The molecule has 0 N–H and O–H groups in total. The average molecular weight is 1190 g/mol. The molecular weight excluding hydrogens is 1140 g/mol. The Morgan fingerprint density at radius 3 is 1.33 bits per heavy atom. The fourth-order valence-corrected chi connectivity index (χ4v) is 16.8. The van der Waals surface area contributed by atoms with E-state index in [9.17, 15) is 0 Å². The molecule has 1 aliphatic rings. The third-order valence-corrected chi connectivity index (χ3v) is 18.7. The molecule has 6 heteroatoms. The normalized spacial score (nSPS) is 13.2. The summed E-state index contributed by atoms with van der Waals surface area (Å²) in [5.41, 5.74) is 6.92. The summed E-state index contributed by atoms with van der Waals surface area (Å²) in [6.45, 7) is 0. The third-order valence-electron chi connectivity index (χ3n) is 11.3. The number of aromatic nitrogens is 2. The standard InChI is InChI=1S/C25H24P2.2C15H10N.2Au/c1-5-13-22(14-6-1)26(23-15-7-2-8-16-23)21-27(24-17-9-3-10-18-24)25-19-11-4-12-20-25;2*1-3-11-7-6-9-13-12-8-4-5-10-14(12)16(2)15(11)13;;/h1-19,25H,20-21H2;2*4-10H,2H3;;/q;2*-1;2*+1/p+2. The Morgan fingerprint density at radius 2 is 0.902 bits per heavy atom. The summed E-state index contributed by atoms with van der Waals surface area (Å²) >= 11 is 0. The van der Waals surface area contributed by atoms with Crippen LogP contribution in [0.5, 0.6) is 0 Å². The molecule has 0 bridgehead atoms. The van der Waals surface area contributed by atoms with Crippen LogP contribution in [0.3, 0.4) is 0 Å².